The van der Waals surface area contributed by atoms with E-state index >= 15 is 0 Å². The van der Waals surface area contributed by atoms with E-state index in [1.165, 1.54) is 28.4 Å². The van der Waals surface area contributed by atoms with Crippen molar-refractivity contribution in [1.82, 2.24) is 15.0 Å². The molecule has 0 aliphatic carbocycles. The summed E-state index contributed by atoms with van der Waals surface area (Å²) in [7, 11) is 0. The van der Waals surface area contributed by atoms with Crippen molar-refractivity contribution in [2.24, 2.45) is 0 Å². The number of para-hydroxylation sites is 1. The first-order valence-corrected chi connectivity index (χ1v) is 8.51. The van der Waals surface area contributed by atoms with E-state index < -0.39 is 5.97 Å². The Morgan fingerprint density at radius 3 is 2.64 bits per heavy atom. The fourth-order valence-electron chi connectivity index (χ4n) is 3.82. The summed E-state index contributed by atoms with van der Waals surface area (Å²) in [6, 6.07) is 8.47. The lowest BCUT2D eigenvalue weighted by Crippen LogP contribution is -2.33. The van der Waals surface area contributed by atoms with Gasteiger partial charge in [0.15, 0.2) is 5.69 Å². The maximum atomic E-state index is 10.9. The number of benzene rings is 1. The lowest BCUT2D eigenvalue weighted by atomic mass is 9.87. The van der Waals surface area contributed by atoms with Gasteiger partial charge in [-0.05, 0) is 37.3 Å². The number of aryl methyl sites for hydroxylation is 1. The Kier molecular flexibility index (Phi) is 3.87. The van der Waals surface area contributed by atoms with E-state index in [9.17, 15) is 4.79 Å². The molecule has 4 rings (SSSR count). The third-order valence-electron chi connectivity index (χ3n) is 5.03. The predicted octanol–water partition coefficient (Wildman–Crippen LogP) is 3.35. The van der Waals surface area contributed by atoms with Crippen molar-refractivity contribution in [2.45, 2.75) is 25.7 Å². The van der Waals surface area contributed by atoms with Crippen molar-refractivity contribution in [3.63, 3.8) is 0 Å². The van der Waals surface area contributed by atoms with Crippen LogP contribution in [-0.2, 0) is 0 Å². The van der Waals surface area contributed by atoms with Gasteiger partial charge in [0.1, 0.15) is 5.82 Å². The number of carboxylic acid groups (broad SMARTS) is 1. The molecule has 0 spiro atoms. The van der Waals surface area contributed by atoms with Gasteiger partial charge in [0.2, 0.25) is 0 Å². The van der Waals surface area contributed by atoms with E-state index in [2.05, 4.69) is 51.0 Å². The molecule has 1 saturated heterocycles. The Hall–Kier alpha value is -2.89. The monoisotopic (exact) mass is 336 g/mol. The minimum atomic E-state index is -1.05. The number of carboxylic acids is 1. The largest absolute Gasteiger partial charge is 0.476 e. The summed E-state index contributed by atoms with van der Waals surface area (Å²) in [6.45, 7) is 3.94. The fraction of sp³-hybridized carbons (Fsp3) is 0.316. The number of H-pyrrole nitrogens is 1. The molecule has 3 aromatic rings. The van der Waals surface area contributed by atoms with Gasteiger partial charge in [-0.15, -0.1) is 0 Å². The molecule has 2 N–H and O–H groups in total. The molecule has 25 heavy (non-hydrogen) atoms. The second kappa shape index (κ2) is 6.20. The molecule has 0 atom stereocenters. The van der Waals surface area contributed by atoms with Gasteiger partial charge >= 0.3 is 5.97 Å². The molecule has 0 amide bonds. The summed E-state index contributed by atoms with van der Waals surface area (Å²) >= 11 is 0. The van der Waals surface area contributed by atoms with Crippen molar-refractivity contribution in [2.75, 3.05) is 18.0 Å². The van der Waals surface area contributed by atoms with Crippen LogP contribution in [0.1, 0.15) is 40.5 Å². The zero-order chi connectivity index (χ0) is 17.4. The zero-order valence-electron chi connectivity index (χ0n) is 14.1. The second-order valence-corrected chi connectivity index (χ2v) is 6.54. The van der Waals surface area contributed by atoms with Gasteiger partial charge in [0.25, 0.3) is 0 Å². The number of aromatic nitrogens is 3. The number of aromatic amines is 1. The standard InChI is InChI=1S/C19H20N4O2/c1-12-18(14-4-2-3-5-15(14)22-12)13-6-8-23(9-7-13)17-11-20-16(10-21-17)19(24)25/h2-5,10-11,13,22H,6-9H2,1H3,(H,24,25). The van der Waals surface area contributed by atoms with Gasteiger partial charge in [0.05, 0.1) is 12.4 Å². The van der Waals surface area contributed by atoms with Crippen molar-refractivity contribution in [3.8, 4) is 0 Å². The molecule has 1 aliphatic rings. The molecular formula is C19H20N4O2. The van der Waals surface area contributed by atoms with Crippen LogP contribution in [0.15, 0.2) is 36.7 Å². The molecule has 1 aliphatic heterocycles. The molecule has 128 valence electrons. The SMILES string of the molecule is Cc1[nH]c2ccccc2c1C1CCN(c2cnc(C(=O)O)cn2)CC1. The normalized spacial score (nSPS) is 15.6. The Bertz CT molecular complexity index is 909. The van der Waals surface area contributed by atoms with E-state index in [1.54, 1.807) is 6.20 Å². The van der Waals surface area contributed by atoms with E-state index in [4.69, 9.17) is 5.11 Å². The lowest BCUT2D eigenvalue weighted by Gasteiger charge is -2.33. The lowest BCUT2D eigenvalue weighted by molar-refractivity contribution is 0.0690. The minimum Gasteiger partial charge on any atom is -0.476 e. The van der Waals surface area contributed by atoms with Crippen LogP contribution in [-0.4, -0.2) is 39.1 Å². The van der Waals surface area contributed by atoms with Crippen LogP contribution >= 0.6 is 0 Å². The van der Waals surface area contributed by atoms with Crippen LogP contribution in [0.5, 0.6) is 0 Å². The second-order valence-electron chi connectivity index (χ2n) is 6.54. The number of aromatic carboxylic acids is 1. The third kappa shape index (κ3) is 2.84. The highest BCUT2D eigenvalue weighted by atomic mass is 16.4. The van der Waals surface area contributed by atoms with E-state index in [-0.39, 0.29) is 5.69 Å². The van der Waals surface area contributed by atoms with Gasteiger partial charge in [-0.25, -0.2) is 14.8 Å². The van der Waals surface area contributed by atoms with Crippen molar-refractivity contribution in [3.05, 3.63) is 53.6 Å². The number of nitrogens with one attached hydrogen (secondary N) is 1. The predicted molar refractivity (Wildman–Crippen MR) is 96.2 cm³/mol. The van der Waals surface area contributed by atoms with Gasteiger partial charge in [-0.2, -0.15) is 0 Å². The van der Waals surface area contributed by atoms with Gasteiger partial charge < -0.3 is 15.0 Å². The summed E-state index contributed by atoms with van der Waals surface area (Å²) in [6.07, 6.45) is 4.98. The molecule has 0 bridgehead atoms. The Balaban J connectivity index is 1.51. The summed E-state index contributed by atoms with van der Waals surface area (Å²) in [5.41, 5.74) is 3.87. The molecule has 3 heterocycles. The van der Waals surface area contributed by atoms with Gasteiger partial charge in [-0.1, -0.05) is 18.2 Å². The summed E-state index contributed by atoms with van der Waals surface area (Å²) in [5, 5.41) is 10.2. The third-order valence-corrected chi connectivity index (χ3v) is 5.03. The number of nitrogens with zero attached hydrogens (tertiary/aromatic N) is 3. The average molecular weight is 336 g/mol. The molecule has 0 saturated carbocycles. The quantitative estimate of drug-likeness (QED) is 0.766. The van der Waals surface area contributed by atoms with E-state index in [0.29, 0.717) is 5.92 Å². The number of fused-ring (bicyclic) bond motifs is 1. The maximum absolute atomic E-state index is 10.9. The highest BCUT2D eigenvalue weighted by Gasteiger charge is 2.25. The number of hydrogen-bond acceptors (Lipinski definition) is 4. The smallest absolute Gasteiger partial charge is 0.356 e. The molecule has 1 aromatic carbocycles. The summed E-state index contributed by atoms with van der Waals surface area (Å²) < 4.78 is 0. The Morgan fingerprint density at radius 1 is 1.20 bits per heavy atom. The molecule has 2 aromatic heterocycles. The van der Waals surface area contributed by atoms with Crippen LogP contribution in [0.4, 0.5) is 5.82 Å². The topological polar surface area (TPSA) is 82.1 Å². The molecule has 6 nitrogen and oxygen atoms in total. The number of anilines is 1. The Labute approximate surface area is 145 Å². The van der Waals surface area contributed by atoms with Crippen LogP contribution in [0.2, 0.25) is 0 Å². The van der Waals surface area contributed by atoms with Gasteiger partial charge in [0, 0.05) is 29.7 Å². The maximum Gasteiger partial charge on any atom is 0.356 e. The molecule has 1 fully saturated rings. The van der Waals surface area contributed by atoms with Crippen LogP contribution in [0, 0.1) is 6.92 Å². The van der Waals surface area contributed by atoms with E-state index in [0.717, 1.165) is 31.7 Å². The van der Waals surface area contributed by atoms with Crippen LogP contribution in [0.25, 0.3) is 10.9 Å². The fourth-order valence-corrected chi connectivity index (χ4v) is 3.82. The molecule has 6 heteroatoms. The minimum absolute atomic E-state index is 0.0203. The summed E-state index contributed by atoms with van der Waals surface area (Å²) in [5.74, 6) is 0.227. The highest BCUT2D eigenvalue weighted by Crippen LogP contribution is 2.36. The van der Waals surface area contributed by atoms with Crippen LogP contribution < -0.4 is 4.90 Å². The number of rotatable bonds is 3. The first-order valence-electron chi connectivity index (χ1n) is 8.51. The molecule has 0 radical (unpaired) electrons. The highest BCUT2D eigenvalue weighted by molar-refractivity contribution is 5.85. The van der Waals surface area contributed by atoms with Crippen molar-refractivity contribution in [1.29, 1.82) is 0 Å². The first-order chi connectivity index (χ1) is 12.1. The summed E-state index contributed by atoms with van der Waals surface area (Å²) in [4.78, 5) is 24.8. The van der Waals surface area contributed by atoms with Crippen molar-refractivity contribution < 1.29 is 9.90 Å². The molecular weight excluding hydrogens is 316 g/mol. The Morgan fingerprint density at radius 2 is 1.96 bits per heavy atom. The van der Waals surface area contributed by atoms with Crippen molar-refractivity contribution >= 4 is 22.7 Å². The average Bonchev–Trinajstić information content (AvgIpc) is 2.97. The number of carbonyl (C=O) groups is 1. The first kappa shape index (κ1) is 15.6. The van der Waals surface area contributed by atoms with Crippen LogP contribution in [0.3, 0.4) is 0 Å². The number of hydrogen-bond donors (Lipinski definition) is 2. The number of piperidine rings is 1. The van der Waals surface area contributed by atoms with E-state index in [1.807, 2.05) is 0 Å². The molecule has 0 unspecified atom stereocenters. The zero-order valence-corrected chi connectivity index (χ0v) is 14.1. The van der Waals surface area contributed by atoms with Gasteiger partial charge in [-0.3, -0.25) is 0 Å².